The molecular formula is C14H24N4O. The molecule has 5 nitrogen and oxygen atoms in total. The van der Waals surface area contributed by atoms with Crippen molar-refractivity contribution in [2.75, 3.05) is 38.8 Å². The zero-order valence-electron chi connectivity index (χ0n) is 12.1. The second-order valence-electron chi connectivity index (χ2n) is 5.25. The molecule has 1 saturated heterocycles. The van der Waals surface area contributed by atoms with E-state index in [4.69, 9.17) is 4.74 Å². The molecule has 2 heterocycles. The molecular weight excluding hydrogens is 240 g/mol. The van der Waals surface area contributed by atoms with E-state index >= 15 is 0 Å². The number of aryl methyl sites for hydroxylation is 1. The highest BCUT2D eigenvalue weighted by molar-refractivity contribution is 5.31. The van der Waals surface area contributed by atoms with Gasteiger partial charge in [-0.3, -0.25) is 0 Å². The van der Waals surface area contributed by atoms with Crippen molar-refractivity contribution in [3.8, 4) is 0 Å². The van der Waals surface area contributed by atoms with Crippen LogP contribution in [0, 0.1) is 12.8 Å². The van der Waals surface area contributed by atoms with Crippen molar-refractivity contribution in [1.29, 1.82) is 0 Å². The molecule has 1 aliphatic rings. The molecule has 0 aliphatic carbocycles. The Morgan fingerprint density at radius 2 is 2.16 bits per heavy atom. The van der Waals surface area contributed by atoms with E-state index in [1.54, 1.807) is 0 Å². The zero-order valence-corrected chi connectivity index (χ0v) is 12.1. The summed E-state index contributed by atoms with van der Waals surface area (Å²) in [6.45, 7) is 5.64. The Bertz CT molecular complexity index is 404. The Hall–Kier alpha value is -1.20. The number of ether oxygens (including phenoxy) is 1. The van der Waals surface area contributed by atoms with Crippen LogP contribution in [0.2, 0.25) is 0 Å². The van der Waals surface area contributed by atoms with Crippen molar-refractivity contribution >= 4 is 5.95 Å². The highest BCUT2D eigenvalue weighted by Crippen LogP contribution is 2.18. The Balaban J connectivity index is 1.98. The summed E-state index contributed by atoms with van der Waals surface area (Å²) in [5, 5.41) is 3.13. The van der Waals surface area contributed by atoms with E-state index in [9.17, 15) is 0 Å². The number of nitrogens with one attached hydrogen (secondary N) is 1. The summed E-state index contributed by atoms with van der Waals surface area (Å²) < 4.78 is 5.39. The third kappa shape index (κ3) is 3.88. The van der Waals surface area contributed by atoms with Gasteiger partial charge < -0.3 is 15.0 Å². The molecule has 0 spiro atoms. The molecule has 1 aromatic rings. The molecule has 0 saturated carbocycles. The fraction of sp³-hybridized carbons (Fsp3) is 0.714. The summed E-state index contributed by atoms with van der Waals surface area (Å²) in [4.78, 5) is 11.2. The van der Waals surface area contributed by atoms with Crippen molar-refractivity contribution in [2.24, 2.45) is 5.92 Å². The first-order valence-corrected chi connectivity index (χ1v) is 6.96. The van der Waals surface area contributed by atoms with E-state index < -0.39 is 0 Å². The van der Waals surface area contributed by atoms with Crippen LogP contribution in [0.15, 0.2) is 6.20 Å². The van der Waals surface area contributed by atoms with Crippen LogP contribution in [0.1, 0.15) is 24.1 Å². The van der Waals surface area contributed by atoms with Gasteiger partial charge in [-0.2, -0.15) is 0 Å². The number of hydrogen-bond donors (Lipinski definition) is 1. The molecule has 0 radical (unpaired) electrons. The molecule has 0 amide bonds. The average molecular weight is 264 g/mol. The Kier molecular flexibility index (Phi) is 5.10. The Labute approximate surface area is 115 Å². The monoisotopic (exact) mass is 264 g/mol. The summed E-state index contributed by atoms with van der Waals surface area (Å²) in [5.41, 5.74) is 2.21. The van der Waals surface area contributed by atoms with Crippen LogP contribution in [0.3, 0.4) is 0 Å². The molecule has 19 heavy (non-hydrogen) atoms. The second kappa shape index (κ2) is 6.82. The smallest absolute Gasteiger partial charge is 0.225 e. The quantitative estimate of drug-likeness (QED) is 0.870. The average Bonchev–Trinajstić information content (AvgIpc) is 2.42. The van der Waals surface area contributed by atoms with E-state index in [-0.39, 0.29) is 0 Å². The van der Waals surface area contributed by atoms with Crippen LogP contribution in [-0.4, -0.2) is 43.8 Å². The van der Waals surface area contributed by atoms with Gasteiger partial charge in [-0.05, 0) is 32.7 Å². The molecule has 0 atom stereocenters. The molecule has 1 fully saturated rings. The topological polar surface area (TPSA) is 50.3 Å². The van der Waals surface area contributed by atoms with Crippen molar-refractivity contribution in [3.63, 3.8) is 0 Å². The fourth-order valence-corrected chi connectivity index (χ4v) is 2.43. The molecule has 1 aromatic heterocycles. The van der Waals surface area contributed by atoms with Crippen LogP contribution >= 0.6 is 0 Å². The number of rotatable bonds is 5. The molecule has 0 bridgehead atoms. The Morgan fingerprint density at radius 3 is 2.79 bits per heavy atom. The van der Waals surface area contributed by atoms with Crippen LogP contribution in [-0.2, 0) is 11.3 Å². The van der Waals surface area contributed by atoms with Crippen LogP contribution < -0.4 is 10.2 Å². The predicted molar refractivity (Wildman–Crippen MR) is 76.3 cm³/mol. The number of aromatic nitrogens is 2. The van der Waals surface area contributed by atoms with Gasteiger partial charge in [-0.15, -0.1) is 0 Å². The second-order valence-corrected chi connectivity index (χ2v) is 5.25. The van der Waals surface area contributed by atoms with Gasteiger partial charge >= 0.3 is 0 Å². The molecule has 0 unspecified atom stereocenters. The minimum Gasteiger partial charge on any atom is -0.381 e. The number of anilines is 1. The summed E-state index contributed by atoms with van der Waals surface area (Å²) in [6.07, 6.45) is 4.21. The largest absolute Gasteiger partial charge is 0.381 e. The molecule has 0 aromatic carbocycles. The van der Waals surface area contributed by atoms with E-state index in [1.165, 1.54) is 0 Å². The van der Waals surface area contributed by atoms with Crippen LogP contribution in [0.5, 0.6) is 0 Å². The zero-order chi connectivity index (χ0) is 13.7. The highest BCUT2D eigenvalue weighted by atomic mass is 16.5. The third-order valence-corrected chi connectivity index (χ3v) is 3.65. The third-order valence-electron chi connectivity index (χ3n) is 3.65. The van der Waals surface area contributed by atoms with E-state index in [0.29, 0.717) is 5.92 Å². The lowest BCUT2D eigenvalue weighted by Crippen LogP contribution is -2.30. The molecule has 1 N–H and O–H groups in total. The summed E-state index contributed by atoms with van der Waals surface area (Å²) >= 11 is 0. The molecule has 106 valence electrons. The van der Waals surface area contributed by atoms with Crippen LogP contribution in [0.25, 0.3) is 0 Å². The van der Waals surface area contributed by atoms with E-state index in [2.05, 4.69) is 27.2 Å². The van der Waals surface area contributed by atoms with Gasteiger partial charge in [0.2, 0.25) is 5.95 Å². The minimum atomic E-state index is 0.694. The lowest BCUT2D eigenvalue weighted by molar-refractivity contribution is 0.0684. The van der Waals surface area contributed by atoms with E-state index in [0.717, 1.165) is 56.4 Å². The highest BCUT2D eigenvalue weighted by Gasteiger charge is 2.17. The summed E-state index contributed by atoms with van der Waals surface area (Å²) in [5.74, 6) is 1.52. The maximum atomic E-state index is 5.39. The van der Waals surface area contributed by atoms with Crippen molar-refractivity contribution in [1.82, 2.24) is 15.3 Å². The van der Waals surface area contributed by atoms with Gasteiger partial charge in [0.25, 0.3) is 0 Å². The first-order valence-electron chi connectivity index (χ1n) is 6.96. The van der Waals surface area contributed by atoms with Crippen LogP contribution in [0.4, 0.5) is 5.95 Å². The van der Waals surface area contributed by atoms with Gasteiger partial charge in [0.15, 0.2) is 0 Å². The maximum absolute atomic E-state index is 5.39. The lowest BCUT2D eigenvalue weighted by Gasteiger charge is -2.27. The predicted octanol–water partition coefficient (Wildman–Crippen LogP) is 1.37. The first kappa shape index (κ1) is 14.2. The Morgan fingerprint density at radius 1 is 1.42 bits per heavy atom. The standard InChI is InChI=1S/C14H24N4O/c1-11-13(8-15-2)9-16-14(17-11)18(3)10-12-4-6-19-7-5-12/h9,12,15H,4-8,10H2,1-3H3. The maximum Gasteiger partial charge on any atom is 0.225 e. The SMILES string of the molecule is CNCc1cnc(N(C)CC2CCOCC2)nc1C. The first-order chi connectivity index (χ1) is 9.20. The molecule has 1 aliphatic heterocycles. The van der Waals surface area contributed by atoms with Gasteiger partial charge in [-0.1, -0.05) is 0 Å². The molecule has 5 heteroatoms. The van der Waals surface area contributed by atoms with Gasteiger partial charge in [0, 0.05) is 50.8 Å². The summed E-state index contributed by atoms with van der Waals surface area (Å²) in [6, 6.07) is 0. The lowest BCUT2D eigenvalue weighted by atomic mass is 10.00. The van der Waals surface area contributed by atoms with Gasteiger partial charge in [0.05, 0.1) is 0 Å². The normalized spacial score (nSPS) is 16.6. The van der Waals surface area contributed by atoms with Gasteiger partial charge in [0.1, 0.15) is 0 Å². The minimum absolute atomic E-state index is 0.694. The molecule has 2 rings (SSSR count). The van der Waals surface area contributed by atoms with Crippen molar-refractivity contribution in [2.45, 2.75) is 26.3 Å². The van der Waals surface area contributed by atoms with Crippen molar-refractivity contribution < 1.29 is 4.74 Å². The number of nitrogens with zero attached hydrogens (tertiary/aromatic N) is 3. The van der Waals surface area contributed by atoms with Gasteiger partial charge in [-0.25, -0.2) is 9.97 Å². The van der Waals surface area contributed by atoms with E-state index in [1.807, 2.05) is 20.2 Å². The summed E-state index contributed by atoms with van der Waals surface area (Å²) in [7, 11) is 4.01. The van der Waals surface area contributed by atoms with Crippen molar-refractivity contribution in [3.05, 3.63) is 17.5 Å². The fourth-order valence-electron chi connectivity index (χ4n) is 2.43. The number of hydrogen-bond acceptors (Lipinski definition) is 5.